The fourth-order valence-electron chi connectivity index (χ4n) is 3.47. The van der Waals surface area contributed by atoms with Crippen LogP contribution in [-0.4, -0.2) is 28.2 Å². The Morgan fingerprint density at radius 2 is 2.17 bits per heavy atom. The van der Waals surface area contributed by atoms with Crippen molar-refractivity contribution in [1.29, 1.82) is 0 Å². The summed E-state index contributed by atoms with van der Waals surface area (Å²) in [5.41, 5.74) is 1.36. The molecule has 0 fully saturated rings. The van der Waals surface area contributed by atoms with E-state index in [2.05, 4.69) is 10.1 Å². The van der Waals surface area contributed by atoms with E-state index in [4.69, 9.17) is 20.8 Å². The highest BCUT2D eigenvalue weighted by Gasteiger charge is 2.34. The minimum absolute atomic E-state index is 0.163. The van der Waals surface area contributed by atoms with Crippen LogP contribution in [0, 0.1) is 0 Å². The van der Waals surface area contributed by atoms with E-state index in [1.165, 1.54) is 5.01 Å². The Kier molecular flexibility index (Phi) is 4.98. The predicted molar refractivity (Wildman–Crippen MR) is 116 cm³/mol. The van der Waals surface area contributed by atoms with Crippen molar-refractivity contribution in [2.75, 3.05) is 6.61 Å². The van der Waals surface area contributed by atoms with Crippen molar-refractivity contribution >= 4 is 45.5 Å². The van der Waals surface area contributed by atoms with E-state index < -0.39 is 0 Å². The highest BCUT2D eigenvalue weighted by atomic mass is 35.5. The molecule has 1 aliphatic rings. The Morgan fingerprint density at radius 1 is 1.23 bits per heavy atom. The zero-order chi connectivity index (χ0) is 20.5. The third kappa shape index (κ3) is 3.46. The molecule has 0 bridgehead atoms. The SMILES string of the molecule is O=C(COc1ccc(Cl)c2cccnc12)N1N=C(c2ccco2)C[C@@H]1c1cccs1. The number of carbonyl (C=O) groups excluding carboxylic acids is 1. The van der Waals surface area contributed by atoms with Gasteiger partial charge in [-0.15, -0.1) is 11.3 Å². The van der Waals surface area contributed by atoms with E-state index >= 15 is 0 Å². The molecule has 1 aliphatic heterocycles. The summed E-state index contributed by atoms with van der Waals surface area (Å²) in [5, 5.41) is 9.40. The number of carbonyl (C=O) groups is 1. The minimum atomic E-state index is -0.242. The topological polar surface area (TPSA) is 67.9 Å². The maximum Gasteiger partial charge on any atom is 0.281 e. The van der Waals surface area contributed by atoms with Gasteiger partial charge in [-0.1, -0.05) is 17.7 Å². The fourth-order valence-corrected chi connectivity index (χ4v) is 4.50. The number of pyridine rings is 1. The van der Waals surface area contributed by atoms with Gasteiger partial charge < -0.3 is 9.15 Å². The van der Waals surface area contributed by atoms with Crippen LogP contribution in [0.5, 0.6) is 5.75 Å². The number of aromatic nitrogens is 1. The molecule has 3 aromatic heterocycles. The van der Waals surface area contributed by atoms with Crippen molar-refractivity contribution < 1.29 is 13.9 Å². The molecule has 4 heterocycles. The Hall–Kier alpha value is -3.16. The summed E-state index contributed by atoms with van der Waals surface area (Å²) in [4.78, 5) is 18.5. The molecule has 0 saturated heterocycles. The van der Waals surface area contributed by atoms with Gasteiger partial charge in [0.2, 0.25) is 0 Å². The molecule has 30 heavy (non-hydrogen) atoms. The van der Waals surface area contributed by atoms with Crippen LogP contribution < -0.4 is 4.74 Å². The molecule has 0 N–H and O–H groups in total. The van der Waals surface area contributed by atoms with Crippen LogP contribution >= 0.6 is 22.9 Å². The molecule has 1 amide bonds. The van der Waals surface area contributed by atoms with Gasteiger partial charge >= 0.3 is 0 Å². The lowest BCUT2D eigenvalue weighted by Gasteiger charge is -2.21. The first-order chi connectivity index (χ1) is 14.7. The van der Waals surface area contributed by atoms with Crippen molar-refractivity contribution in [3.8, 4) is 5.75 Å². The molecule has 4 aromatic rings. The van der Waals surface area contributed by atoms with Crippen LogP contribution in [-0.2, 0) is 4.79 Å². The third-order valence-electron chi connectivity index (χ3n) is 4.87. The molecular formula is C22H16ClN3O3S. The van der Waals surface area contributed by atoms with E-state index in [0.29, 0.717) is 28.5 Å². The highest BCUT2D eigenvalue weighted by molar-refractivity contribution is 7.10. The first-order valence-electron chi connectivity index (χ1n) is 9.33. The van der Waals surface area contributed by atoms with Crippen LogP contribution in [0.4, 0.5) is 0 Å². The van der Waals surface area contributed by atoms with Crippen LogP contribution in [0.25, 0.3) is 10.9 Å². The maximum absolute atomic E-state index is 13.1. The van der Waals surface area contributed by atoms with Gasteiger partial charge in [0, 0.05) is 22.9 Å². The highest BCUT2D eigenvalue weighted by Crippen LogP contribution is 2.35. The largest absolute Gasteiger partial charge is 0.481 e. The predicted octanol–water partition coefficient (Wildman–Crippen LogP) is 5.30. The number of benzene rings is 1. The normalized spacial score (nSPS) is 16.1. The van der Waals surface area contributed by atoms with E-state index in [1.54, 1.807) is 35.9 Å². The average molecular weight is 438 g/mol. The Bertz CT molecular complexity index is 1220. The molecule has 0 unspecified atom stereocenters. The number of rotatable bonds is 5. The lowest BCUT2D eigenvalue weighted by Crippen LogP contribution is -2.31. The zero-order valence-corrected chi connectivity index (χ0v) is 17.3. The second kappa shape index (κ2) is 7.93. The number of furan rings is 1. The van der Waals surface area contributed by atoms with Crippen molar-refractivity contribution in [3.63, 3.8) is 0 Å². The monoisotopic (exact) mass is 437 g/mol. The first kappa shape index (κ1) is 18.8. The summed E-state index contributed by atoms with van der Waals surface area (Å²) in [6.45, 7) is -0.163. The lowest BCUT2D eigenvalue weighted by molar-refractivity contribution is -0.135. The minimum Gasteiger partial charge on any atom is -0.481 e. The second-order valence-corrected chi connectivity index (χ2v) is 8.12. The standard InChI is InChI=1S/C22H16ClN3O3S/c23-15-7-8-19(22-14(15)4-1-9-24-22)29-13-21(27)26-17(20-6-3-11-30-20)12-16(25-26)18-5-2-10-28-18/h1-11,17H,12-13H2/t17-/m1/s1. The van der Waals surface area contributed by atoms with Crippen LogP contribution in [0.3, 0.4) is 0 Å². The number of nitrogens with zero attached hydrogens (tertiary/aromatic N) is 3. The van der Waals surface area contributed by atoms with Crippen LogP contribution in [0.2, 0.25) is 5.02 Å². The molecule has 1 aromatic carbocycles. The maximum atomic E-state index is 13.1. The summed E-state index contributed by atoms with van der Waals surface area (Å²) < 4.78 is 11.3. The molecule has 0 aliphatic carbocycles. The summed E-state index contributed by atoms with van der Waals surface area (Å²) >= 11 is 7.84. The molecule has 0 saturated carbocycles. The molecule has 5 rings (SSSR count). The Morgan fingerprint density at radius 3 is 2.97 bits per heavy atom. The number of fused-ring (bicyclic) bond motifs is 1. The zero-order valence-electron chi connectivity index (χ0n) is 15.7. The Balaban J connectivity index is 1.39. The van der Waals surface area contributed by atoms with Crippen LogP contribution in [0.15, 0.2) is 75.9 Å². The molecule has 6 nitrogen and oxygen atoms in total. The van der Waals surface area contributed by atoms with E-state index in [-0.39, 0.29) is 18.6 Å². The fraction of sp³-hybridized carbons (Fsp3) is 0.136. The number of ether oxygens (including phenoxy) is 1. The number of thiophene rings is 1. The van der Waals surface area contributed by atoms with Gasteiger partial charge in [-0.05, 0) is 47.8 Å². The summed E-state index contributed by atoms with van der Waals surface area (Å²) in [6, 6.07) is 14.6. The summed E-state index contributed by atoms with van der Waals surface area (Å²) in [6.07, 6.45) is 3.86. The van der Waals surface area contributed by atoms with Crippen molar-refractivity contribution in [3.05, 3.63) is 82.0 Å². The quantitative estimate of drug-likeness (QED) is 0.425. The van der Waals surface area contributed by atoms with E-state index in [9.17, 15) is 4.79 Å². The molecular weight excluding hydrogens is 422 g/mol. The second-order valence-electron chi connectivity index (χ2n) is 6.73. The van der Waals surface area contributed by atoms with Gasteiger partial charge in [-0.25, -0.2) is 5.01 Å². The van der Waals surface area contributed by atoms with Gasteiger partial charge in [0.1, 0.15) is 22.7 Å². The van der Waals surface area contributed by atoms with Crippen molar-refractivity contribution in [1.82, 2.24) is 9.99 Å². The Labute approximate surface area is 181 Å². The first-order valence-corrected chi connectivity index (χ1v) is 10.6. The summed E-state index contributed by atoms with van der Waals surface area (Å²) in [7, 11) is 0. The van der Waals surface area contributed by atoms with Gasteiger partial charge in [-0.2, -0.15) is 5.10 Å². The lowest BCUT2D eigenvalue weighted by atomic mass is 10.1. The molecule has 0 radical (unpaired) electrons. The van der Waals surface area contributed by atoms with Crippen molar-refractivity contribution in [2.45, 2.75) is 12.5 Å². The number of halogens is 1. The van der Waals surface area contributed by atoms with Gasteiger partial charge in [0.25, 0.3) is 5.91 Å². The third-order valence-corrected chi connectivity index (χ3v) is 6.18. The van der Waals surface area contributed by atoms with E-state index in [0.717, 1.165) is 16.0 Å². The number of hydrazone groups is 1. The molecule has 150 valence electrons. The molecule has 0 spiro atoms. The number of hydrogen-bond donors (Lipinski definition) is 0. The number of amides is 1. The van der Waals surface area contributed by atoms with Gasteiger partial charge in [-0.3, -0.25) is 9.78 Å². The molecule has 8 heteroatoms. The average Bonchev–Trinajstić information content (AvgIpc) is 3.54. The number of hydrogen-bond acceptors (Lipinski definition) is 6. The summed E-state index contributed by atoms with van der Waals surface area (Å²) in [5.74, 6) is 0.931. The van der Waals surface area contributed by atoms with E-state index in [1.807, 2.05) is 41.8 Å². The smallest absolute Gasteiger partial charge is 0.281 e. The van der Waals surface area contributed by atoms with Gasteiger partial charge in [0.15, 0.2) is 6.61 Å². The van der Waals surface area contributed by atoms with Crippen LogP contribution in [0.1, 0.15) is 23.1 Å². The van der Waals surface area contributed by atoms with Crippen molar-refractivity contribution in [2.24, 2.45) is 5.10 Å². The van der Waals surface area contributed by atoms with Gasteiger partial charge in [0.05, 0.1) is 17.3 Å². The molecule has 1 atom stereocenters.